The summed E-state index contributed by atoms with van der Waals surface area (Å²) in [6, 6.07) is 1.33. The van der Waals surface area contributed by atoms with E-state index in [9.17, 15) is 31.1 Å². The standard InChI is InChI=1S/C14H8F6IN3O/c15-13(16,17)7-1-3-8(4-2-7)23-6-10(14(18,19)20)24-11(12(23)25)9(21)5-22-24/h1-5,10H,6H2. The molecule has 0 bridgehead atoms. The Bertz CT molecular complexity index is 811. The fraction of sp³-hybridized carbons (Fsp3) is 0.286. The van der Waals surface area contributed by atoms with Crippen molar-refractivity contribution in [1.29, 1.82) is 0 Å². The monoisotopic (exact) mass is 475 g/mol. The predicted molar refractivity (Wildman–Crippen MR) is 83.2 cm³/mol. The van der Waals surface area contributed by atoms with Crippen molar-refractivity contribution < 1.29 is 31.1 Å². The highest BCUT2D eigenvalue weighted by molar-refractivity contribution is 14.1. The van der Waals surface area contributed by atoms with Crippen LogP contribution in [0.3, 0.4) is 0 Å². The molecule has 1 aromatic carbocycles. The summed E-state index contributed by atoms with van der Waals surface area (Å²) in [5.74, 6) is -0.748. The summed E-state index contributed by atoms with van der Waals surface area (Å²) in [5.41, 5.74) is -1.24. The fourth-order valence-corrected chi connectivity index (χ4v) is 3.14. The number of carbonyl (C=O) groups is 1. The molecule has 0 saturated carbocycles. The van der Waals surface area contributed by atoms with Gasteiger partial charge in [-0.3, -0.25) is 4.79 Å². The molecule has 0 saturated heterocycles. The van der Waals surface area contributed by atoms with Gasteiger partial charge in [-0.1, -0.05) is 0 Å². The van der Waals surface area contributed by atoms with Crippen LogP contribution in [-0.4, -0.2) is 28.4 Å². The highest BCUT2D eigenvalue weighted by atomic mass is 127. The van der Waals surface area contributed by atoms with Gasteiger partial charge in [0.05, 0.1) is 21.9 Å². The molecule has 0 radical (unpaired) electrons. The summed E-state index contributed by atoms with van der Waals surface area (Å²) in [4.78, 5) is 13.3. The number of carbonyl (C=O) groups excluding carboxylic acids is 1. The smallest absolute Gasteiger partial charge is 0.305 e. The number of halogens is 7. The van der Waals surface area contributed by atoms with E-state index in [1.807, 2.05) is 0 Å². The zero-order chi connectivity index (χ0) is 18.6. The van der Waals surface area contributed by atoms with Crippen molar-refractivity contribution in [2.24, 2.45) is 0 Å². The van der Waals surface area contributed by atoms with Crippen LogP contribution < -0.4 is 4.90 Å². The molecule has 1 aliphatic rings. The molecule has 0 spiro atoms. The van der Waals surface area contributed by atoms with Crippen molar-refractivity contribution in [3.63, 3.8) is 0 Å². The van der Waals surface area contributed by atoms with Crippen LogP contribution in [-0.2, 0) is 6.18 Å². The largest absolute Gasteiger partial charge is 0.416 e. The number of alkyl halides is 6. The Labute approximate surface area is 150 Å². The molecule has 1 atom stereocenters. The molecule has 134 valence electrons. The van der Waals surface area contributed by atoms with E-state index in [4.69, 9.17) is 0 Å². The van der Waals surface area contributed by atoms with Crippen molar-refractivity contribution in [3.8, 4) is 0 Å². The molecule has 1 unspecified atom stereocenters. The van der Waals surface area contributed by atoms with E-state index in [1.165, 1.54) is 0 Å². The first-order chi connectivity index (χ1) is 11.5. The molecule has 2 heterocycles. The Morgan fingerprint density at radius 1 is 1.08 bits per heavy atom. The van der Waals surface area contributed by atoms with E-state index in [-0.39, 0.29) is 15.0 Å². The average molecular weight is 475 g/mol. The van der Waals surface area contributed by atoms with Gasteiger partial charge in [-0.2, -0.15) is 31.4 Å². The first kappa shape index (κ1) is 18.0. The van der Waals surface area contributed by atoms with E-state index < -0.39 is 36.4 Å². The SMILES string of the molecule is O=C1c2c(I)cnn2C(C(F)(F)F)CN1c1ccc(C(F)(F)F)cc1. The van der Waals surface area contributed by atoms with Crippen molar-refractivity contribution in [2.45, 2.75) is 18.4 Å². The van der Waals surface area contributed by atoms with Crippen LogP contribution in [0.4, 0.5) is 32.0 Å². The summed E-state index contributed by atoms with van der Waals surface area (Å²) >= 11 is 1.69. The third-order valence-electron chi connectivity index (χ3n) is 3.73. The lowest BCUT2D eigenvalue weighted by molar-refractivity contribution is -0.168. The normalized spacial score (nSPS) is 18.4. The van der Waals surface area contributed by atoms with Gasteiger partial charge in [0.15, 0.2) is 6.04 Å². The maximum atomic E-state index is 13.3. The number of hydrogen-bond acceptors (Lipinski definition) is 2. The second-order valence-electron chi connectivity index (χ2n) is 5.30. The molecule has 1 amide bonds. The Hall–Kier alpha value is -1.79. The minimum absolute atomic E-state index is 0.0458. The Morgan fingerprint density at radius 2 is 1.68 bits per heavy atom. The number of fused-ring (bicyclic) bond motifs is 1. The van der Waals surface area contributed by atoms with E-state index in [0.717, 1.165) is 35.4 Å². The number of aromatic nitrogens is 2. The summed E-state index contributed by atoms with van der Waals surface area (Å²) < 4.78 is 78.7. The molecule has 25 heavy (non-hydrogen) atoms. The van der Waals surface area contributed by atoms with E-state index in [2.05, 4.69) is 5.10 Å². The molecule has 4 nitrogen and oxygen atoms in total. The third-order valence-corrected chi connectivity index (χ3v) is 4.52. The van der Waals surface area contributed by atoms with E-state index in [0.29, 0.717) is 4.68 Å². The van der Waals surface area contributed by atoms with Crippen LogP contribution in [0, 0.1) is 3.57 Å². The summed E-state index contributed by atoms with van der Waals surface area (Å²) in [7, 11) is 0. The van der Waals surface area contributed by atoms with Crippen molar-refractivity contribution in [2.75, 3.05) is 11.4 Å². The number of nitrogens with zero attached hydrogens (tertiary/aromatic N) is 3. The van der Waals surface area contributed by atoms with Crippen LogP contribution in [0.1, 0.15) is 22.1 Å². The highest BCUT2D eigenvalue weighted by Gasteiger charge is 2.49. The molecule has 1 aromatic heterocycles. The minimum Gasteiger partial charge on any atom is -0.305 e. The van der Waals surface area contributed by atoms with Gasteiger partial charge >= 0.3 is 12.4 Å². The molecular weight excluding hydrogens is 467 g/mol. The van der Waals surface area contributed by atoms with Crippen molar-refractivity contribution >= 4 is 34.2 Å². The zero-order valence-electron chi connectivity index (χ0n) is 12.1. The van der Waals surface area contributed by atoms with E-state index >= 15 is 0 Å². The second kappa shape index (κ2) is 5.88. The molecule has 0 fully saturated rings. The van der Waals surface area contributed by atoms with Gasteiger partial charge < -0.3 is 4.90 Å². The molecule has 2 aromatic rings. The zero-order valence-corrected chi connectivity index (χ0v) is 14.2. The first-order valence-electron chi connectivity index (χ1n) is 6.79. The average Bonchev–Trinajstić information content (AvgIpc) is 2.88. The molecule has 1 aliphatic heterocycles. The lowest BCUT2D eigenvalue weighted by Crippen LogP contribution is -2.48. The van der Waals surface area contributed by atoms with Gasteiger partial charge in [-0.05, 0) is 46.9 Å². The molecular formula is C14H8F6IN3O. The predicted octanol–water partition coefficient (Wildman–Crippen LogP) is 4.27. The van der Waals surface area contributed by atoms with Gasteiger partial charge in [0.2, 0.25) is 0 Å². The first-order valence-corrected chi connectivity index (χ1v) is 7.87. The number of hydrogen-bond donors (Lipinski definition) is 0. The Morgan fingerprint density at radius 3 is 2.20 bits per heavy atom. The van der Waals surface area contributed by atoms with Gasteiger partial charge in [0.25, 0.3) is 5.91 Å². The van der Waals surface area contributed by atoms with E-state index in [1.54, 1.807) is 22.6 Å². The Kier molecular flexibility index (Phi) is 4.24. The van der Waals surface area contributed by atoms with Gasteiger partial charge in [-0.15, -0.1) is 0 Å². The van der Waals surface area contributed by atoms with Gasteiger partial charge in [-0.25, -0.2) is 4.68 Å². The summed E-state index contributed by atoms with van der Waals surface area (Å²) in [5, 5.41) is 3.62. The van der Waals surface area contributed by atoms with Crippen LogP contribution in [0.25, 0.3) is 0 Å². The number of anilines is 1. The maximum Gasteiger partial charge on any atom is 0.416 e. The molecule has 0 N–H and O–H groups in total. The third kappa shape index (κ3) is 3.20. The molecule has 11 heteroatoms. The Balaban J connectivity index is 2.03. The van der Waals surface area contributed by atoms with Crippen LogP contribution in [0.2, 0.25) is 0 Å². The molecule has 3 rings (SSSR count). The topological polar surface area (TPSA) is 38.1 Å². The quantitative estimate of drug-likeness (QED) is 0.457. The second-order valence-corrected chi connectivity index (χ2v) is 6.47. The fourth-order valence-electron chi connectivity index (χ4n) is 2.53. The summed E-state index contributed by atoms with van der Waals surface area (Å²) in [6.07, 6.45) is -8.11. The summed E-state index contributed by atoms with van der Waals surface area (Å²) in [6.45, 7) is -0.765. The number of rotatable bonds is 1. The lowest BCUT2D eigenvalue weighted by atomic mass is 10.1. The van der Waals surface area contributed by atoms with Crippen molar-refractivity contribution in [3.05, 3.63) is 45.3 Å². The number of benzene rings is 1. The van der Waals surface area contributed by atoms with Crippen LogP contribution in [0.5, 0.6) is 0 Å². The number of amides is 1. The van der Waals surface area contributed by atoms with Gasteiger partial charge in [0.1, 0.15) is 5.69 Å². The van der Waals surface area contributed by atoms with Crippen LogP contribution >= 0.6 is 22.6 Å². The van der Waals surface area contributed by atoms with Crippen LogP contribution in [0.15, 0.2) is 30.5 Å². The molecule has 0 aliphatic carbocycles. The maximum absolute atomic E-state index is 13.3. The van der Waals surface area contributed by atoms with Crippen molar-refractivity contribution in [1.82, 2.24) is 9.78 Å². The highest BCUT2D eigenvalue weighted by Crippen LogP contribution is 2.38. The minimum atomic E-state index is -4.67. The van der Waals surface area contributed by atoms with Gasteiger partial charge in [0, 0.05) is 5.69 Å². The lowest BCUT2D eigenvalue weighted by Gasteiger charge is -2.34.